The maximum atomic E-state index is 13.6. The average molecular weight is 511 g/mol. The molecule has 0 saturated carbocycles. The Balaban J connectivity index is 1.30. The number of rotatable bonds is 11. The van der Waals surface area contributed by atoms with Gasteiger partial charge in [0.05, 0.1) is 24.1 Å². The number of aromatic nitrogens is 2. The van der Waals surface area contributed by atoms with E-state index in [1.54, 1.807) is 11.3 Å². The summed E-state index contributed by atoms with van der Waals surface area (Å²) in [6, 6.07) is 29.9. The van der Waals surface area contributed by atoms with Crippen LogP contribution in [-0.2, 0) is 35.6 Å². The number of carbonyl (C=O) groups excluding carboxylic acids is 1. The number of carbonyl (C=O) groups is 1. The first-order valence-corrected chi connectivity index (χ1v) is 13.5. The first-order valence-electron chi connectivity index (χ1n) is 12.7. The van der Waals surface area contributed by atoms with Crippen LogP contribution in [0.25, 0.3) is 11.0 Å². The summed E-state index contributed by atoms with van der Waals surface area (Å²) in [5, 5.41) is 2.10. The SMILES string of the molecule is O=C(CCCCc1scc2c1n(Cc1ccccc1)c(=O)n2Cc1ccccc1)OCc1ccccc1. The number of unbranched alkanes of at least 4 members (excludes halogenated alkanes) is 1. The van der Waals surface area contributed by atoms with E-state index in [1.165, 1.54) is 4.88 Å². The van der Waals surface area contributed by atoms with Crippen LogP contribution in [0.5, 0.6) is 0 Å². The number of aryl methyl sites for hydroxylation is 1. The van der Waals surface area contributed by atoms with E-state index < -0.39 is 0 Å². The third kappa shape index (κ3) is 6.09. The molecule has 5 rings (SSSR count). The van der Waals surface area contributed by atoms with Crippen molar-refractivity contribution in [3.63, 3.8) is 0 Å². The van der Waals surface area contributed by atoms with E-state index in [2.05, 4.69) is 29.6 Å². The van der Waals surface area contributed by atoms with E-state index in [0.29, 0.717) is 26.1 Å². The van der Waals surface area contributed by atoms with Crippen molar-refractivity contribution >= 4 is 28.3 Å². The molecule has 5 nitrogen and oxygen atoms in total. The first-order chi connectivity index (χ1) is 18.2. The molecule has 0 aliphatic heterocycles. The number of esters is 1. The number of ether oxygens (including phenoxy) is 1. The van der Waals surface area contributed by atoms with E-state index in [1.807, 2.05) is 75.9 Å². The van der Waals surface area contributed by atoms with E-state index in [-0.39, 0.29) is 11.7 Å². The van der Waals surface area contributed by atoms with E-state index >= 15 is 0 Å². The minimum absolute atomic E-state index is 0.0104. The van der Waals surface area contributed by atoms with Gasteiger partial charge in [-0.1, -0.05) is 91.0 Å². The Hall–Kier alpha value is -3.90. The summed E-state index contributed by atoms with van der Waals surface area (Å²) < 4.78 is 9.21. The van der Waals surface area contributed by atoms with Crippen molar-refractivity contribution in [3.05, 3.63) is 128 Å². The number of nitrogens with zero attached hydrogens (tertiary/aromatic N) is 2. The number of hydrogen-bond donors (Lipinski definition) is 0. The monoisotopic (exact) mass is 510 g/mol. The molecule has 0 atom stereocenters. The second-order valence-corrected chi connectivity index (χ2v) is 10.1. The van der Waals surface area contributed by atoms with Crippen molar-refractivity contribution in [1.29, 1.82) is 0 Å². The summed E-state index contributed by atoms with van der Waals surface area (Å²) in [5.74, 6) is -0.171. The third-order valence-corrected chi connectivity index (χ3v) is 7.51. The average Bonchev–Trinajstić information content (AvgIpc) is 3.46. The minimum atomic E-state index is -0.171. The summed E-state index contributed by atoms with van der Waals surface area (Å²) in [5.41, 5.74) is 5.20. The van der Waals surface area contributed by atoms with Crippen molar-refractivity contribution < 1.29 is 9.53 Å². The Bertz CT molecular complexity index is 1500. The largest absolute Gasteiger partial charge is 0.461 e. The number of imidazole rings is 1. The number of fused-ring (bicyclic) bond motifs is 1. The Morgan fingerprint density at radius 1 is 0.730 bits per heavy atom. The highest BCUT2D eigenvalue weighted by atomic mass is 32.1. The molecule has 0 spiro atoms. The van der Waals surface area contributed by atoms with Gasteiger partial charge in [0, 0.05) is 16.7 Å². The highest BCUT2D eigenvalue weighted by Gasteiger charge is 2.19. The van der Waals surface area contributed by atoms with Crippen LogP contribution in [0.3, 0.4) is 0 Å². The molecule has 0 unspecified atom stereocenters. The molecule has 3 aromatic carbocycles. The predicted molar refractivity (Wildman–Crippen MR) is 149 cm³/mol. The molecular weight excluding hydrogens is 480 g/mol. The summed E-state index contributed by atoms with van der Waals surface area (Å²) in [4.78, 5) is 27.0. The lowest BCUT2D eigenvalue weighted by molar-refractivity contribution is -0.145. The molecule has 0 N–H and O–H groups in total. The van der Waals surface area contributed by atoms with Crippen LogP contribution in [0.4, 0.5) is 0 Å². The van der Waals surface area contributed by atoms with Gasteiger partial charge < -0.3 is 4.74 Å². The number of hydrogen-bond acceptors (Lipinski definition) is 4. The van der Waals surface area contributed by atoms with Crippen LogP contribution in [0.15, 0.2) is 101 Å². The number of thiophene rings is 1. The third-order valence-electron chi connectivity index (χ3n) is 6.49. The Labute approximate surface area is 220 Å². The van der Waals surface area contributed by atoms with E-state index in [4.69, 9.17) is 4.74 Å². The zero-order valence-corrected chi connectivity index (χ0v) is 21.5. The highest BCUT2D eigenvalue weighted by Crippen LogP contribution is 2.28. The van der Waals surface area contributed by atoms with Crippen molar-refractivity contribution in [2.24, 2.45) is 0 Å². The lowest BCUT2D eigenvalue weighted by Gasteiger charge is -2.06. The van der Waals surface area contributed by atoms with Crippen LogP contribution >= 0.6 is 11.3 Å². The maximum Gasteiger partial charge on any atom is 0.329 e. The predicted octanol–water partition coefficient (Wildman–Crippen LogP) is 6.42. The minimum Gasteiger partial charge on any atom is -0.461 e. The van der Waals surface area contributed by atoms with Gasteiger partial charge in [-0.05, 0) is 36.0 Å². The smallest absolute Gasteiger partial charge is 0.329 e. The van der Waals surface area contributed by atoms with Crippen molar-refractivity contribution in [2.75, 3.05) is 0 Å². The van der Waals surface area contributed by atoms with Crippen molar-refractivity contribution in [3.8, 4) is 0 Å². The Morgan fingerprint density at radius 2 is 1.30 bits per heavy atom. The van der Waals surface area contributed by atoms with Gasteiger partial charge >= 0.3 is 11.7 Å². The second-order valence-electron chi connectivity index (χ2n) is 9.17. The molecule has 0 bridgehead atoms. The molecule has 0 saturated heterocycles. The van der Waals surface area contributed by atoms with Gasteiger partial charge in [0.2, 0.25) is 0 Å². The molecule has 6 heteroatoms. The van der Waals surface area contributed by atoms with Crippen molar-refractivity contribution in [1.82, 2.24) is 9.13 Å². The molecule has 188 valence electrons. The molecule has 0 amide bonds. The Kier molecular flexibility index (Phi) is 7.96. The summed E-state index contributed by atoms with van der Waals surface area (Å²) in [6.07, 6.45) is 2.83. The highest BCUT2D eigenvalue weighted by molar-refractivity contribution is 7.11. The van der Waals surface area contributed by atoms with Gasteiger partial charge in [-0.25, -0.2) is 4.79 Å². The molecule has 0 aliphatic carbocycles. The zero-order chi connectivity index (χ0) is 25.5. The maximum absolute atomic E-state index is 13.6. The summed E-state index contributed by atoms with van der Waals surface area (Å²) >= 11 is 1.70. The fraction of sp³-hybridized carbons (Fsp3) is 0.226. The van der Waals surface area contributed by atoms with Gasteiger partial charge in [-0.3, -0.25) is 13.9 Å². The van der Waals surface area contributed by atoms with Crippen LogP contribution in [0.2, 0.25) is 0 Å². The van der Waals surface area contributed by atoms with Crippen LogP contribution < -0.4 is 5.69 Å². The quantitative estimate of drug-likeness (QED) is 0.152. The molecular formula is C31H30N2O3S. The molecule has 0 aliphatic rings. The molecule has 0 radical (unpaired) electrons. The molecule has 5 aromatic rings. The van der Waals surface area contributed by atoms with Gasteiger partial charge in [-0.15, -0.1) is 11.3 Å². The fourth-order valence-corrected chi connectivity index (χ4v) is 5.66. The van der Waals surface area contributed by atoms with Crippen LogP contribution in [0, 0.1) is 0 Å². The van der Waals surface area contributed by atoms with Gasteiger partial charge in [-0.2, -0.15) is 0 Å². The lowest BCUT2D eigenvalue weighted by atomic mass is 10.1. The first kappa shape index (κ1) is 24.8. The van der Waals surface area contributed by atoms with Gasteiger partial charge in [0.15, 0.2) is 0 Å². The van der Waals surface area contributed by atoms with E-state index in [9.17, 15) is 9.59 Å². The topological polar surface area (TPSA) is 53.2 Å². The zero-order valence-electron chi connectivity index (χ0n) is 20.7. The lowest BCUT2D eigenvalue weighted by Crippen LogP contribution is -2.25. The van der Waals surface area contributed by atoms with E-state index in [0.717, 1.165) is 47.0 Å². The van der Waals surface area contributed by atoms with Crippen LogP contribution in [-0.4, -0.2) is 15.1 Å². The molecule has 2 heterocycles. The van der Waals surface area contributed by atoms with Crippen LogP contribution in [0.1, 0.15) is 40.8 Å². The summed E-state index contributed by atoms with van der Waals surface area (Å²) in [6.45, 7) is 1.39. The molecule has 37 heavy (non-hydrogen) atoms. The molecule has 0 fully saturated rings. The van der Waals surface area contributed by atoms with Gasteiger partial charge in [0.1, 0.15) is 6.61 Å². The number of benzene rings is 3. The standard InChI is InChI=1S/C31H30N2O3S/c34-29(36-22-26-16-8-3-9-17-26)19-11-10-18-28-30-27(23-37-28)32(20-24-12-4-1-5-13-24)31(35)33(30)21-25-14-6-2-7-15-25/h1-9,12-17,23H,10-11,18-22H2. The normalized spacial score (nSPS) is 11.1. The fourth-order valence-electron chi connectivity index (χ4n) is 4.58. The van der Waals surface area contributed by atoms with Gasteiger partial charge in [0.25, 0.3) is 0 Å². The van der Waals surface area contributed by atoms with Crippen molar-refractivity contribution in [2.45, 2.75) is 45.4 Å². The Morgan fingerprint density at radius 3 is 1.92 bits per heavy atom. The molecule has 2 aromatic heterocycles. The summed E-state index contributed by atoms with van der Waals surface area (Å²) in [7, 11) is 0. The second kappa shape index (κ2) is 11.9.